The Kier molecular flexibility index (Phi) is 30.1. The van der Waals surface area contributed by atoms with Gasteiger partial charge in [-0.25, -0.2) is 4.39 Å². The van der Waals surface area contributed by atoms with Gasteiger partial charge < -0.3 is 41.1 Å². The largest absolute Gasteiger partial charge is 1.00 e. The fourth-order valence-electron chi connectivity index (χ4n) is 8.80. The summed E-state index contributed by atoms with van der Waals surface area (Å²) in [5.74, 6) is -0.389. The monoisotopic (exact) mass is 1050 g/mol. The normalized spacial score (nSPS) is 17.0. The quantitative estimate of drug-likeness (QED) is 0.0559. The molecular weight excluding hydrogens is 981 g/mol. The number of nitrogens with one attached hydrogen (secondary N) is 1. The number of likely N-dealkylation sites (N-methyl/N-ethyl adjacent to an activating group) is 2. The van der Waals surface area contributed by atoms with Crippen LogP contribution in [0.3, 0.4) is 0 Å². The fraction of sp³-hybridized carbons (Fsp3) is 0.587. The first-order chi connectivity index (χ1) is 33.7. The number of aromatic nitrogens is 4. The molecule has 8 rings (SSSR count). The second-order valence-corrected chi connectivity index (χ2v) is 16.8. The molecule has 1 N–H and O–H groups in total. The van der Waals surface area contributed by atoms with Crippen LogP contribution in [0.1, 0.15) is 42.3 Å². The van der Waals surface area contributed by atoms with Gasteiger partial charge in [0.1, 0.15) is 5.82 Å². The molecule has 4 fully saturated rings. The van der Waals surface area contributed by atoms with Gasteiger partial charge >= 0.3 is 114 Å². The van der Waals surface area contributed by atoms with Gasteiger partial charge in [-0.2, -0.15) is 10.2 Å². The fourth-order valence-corrected chi connectivity index (χ4v) is 8.80. The summed E-state index contributed by atoms with van der Waals surface area (Å²) in [6, 6.07) is 7.11. The van der Waals surface area contributed by atoms with Crippen molar-refractivity contribution in [1.29, 1.82) is 0 Å². The van der Waals surface area contributed by atoms with Crippen LogP contribution in [0.4, 0.5) is 25.8 Å². The third-order valence-electron chi connectivity index (χ3n) is 12.8. The predicted molar refractivity (Wildman–Crippen MR) is 258 cm³/mol. The van der Waals surface area contributed by atoms with E-state index >= 15 is 0 Å². The first kappa shape index (κ1) is 62.7. The van der Waals surface area contributed by atoms with Crippen molar-refractivity contribution in [3.05, 3.63) is 75.1 Å². The van der Waals surface area contributed by atoms with Crippen molar-refractivity contribution >= 4 is 23.5 Å². The molecule has 4 aromatic rings. The van der Waals surface area contributed by atoms with Crippen LogP contribution in [-0.2, 0) is 22.8 Å². The number of hydrogen-bond donors (Lipinski definition) is 1. The van der Waals surface area contributed by atoms with E-state index in [2.05, 4.69) is 59.0 Å². The van der Waals surface area contributed by atoms with Crippen LogP contribution in [0.15, 0.2) is 49.1 Å². The molecule has 0 amide bonds. The molecule has 71 heavy (non-hydrogen) atoms. The molecule has 4 saturated heterocycles. The van der Waals surface area contributed by atoms with Gasteiger partial charge in [-0.3, -0.25) is 48.6 Å². The number of alkyl halides is 1. The number of nitrogens with zero attached hydrogens (tertiary/aromatic N) is 11. The van der Waals surface area contributed by atoms with Crippen molar-refractivity contribution < 1.29 is 149 Å². The summed E-state index contributed by atoms with van der Waals surface area (Å²) < 4.78 is 43.1. The number of ether oxygens (including phenoxy) is 2. The van der Waals surface area contributed by atoms with Crippen LogP contribution in [0.25, 0.3) is 22.3 Å². The third-order valence-corrected chi connectivity index (χ3v) is 12.8. The van der Waals surface area contributed by atoms with Gasteiger partial charge in [-0.15, -0.1) is 0 Å². The Morgan fingerprint density at radius 1 is 0.746 bits per heavy atom. The Morgan fingerprint density at radius 2 is 1.15 bits per heavy atom. The SMILES string of the molecule is CCn1cc(-c2cc([N+](=O)[O-])c(OC)cc2F)cn1.CCn1cc(-c2cc([N+](=O)[O-])c(OC)cc2N2CCC(N3CCN(C)CC3)CC2)cn1.CN1CCN(C2CCNCC2)CC1.O=CO[O-].[2H]CF.[H-].[K+].[K+]. The molecule has 21 nitrogen and oxygen atoms in total. The Balaban J connectivity index is 0.000000542. The smallest absolute Gasteiger partial charge is 1.00 e. The van der Waals surface area contributed by atoms with Crippen LogP contribution in [0.5, 0.6) is 11.5 Å². The summed E-state index contributed by atoms with van der Waals surface area (Å²) in [5, 5.41) is 42.8. The van der Waals surface area contributed by atoms with Crippen LogP contribution >= 0.6 is 0 Å². The molecule has 4 aliphatic rings. The van der Waals surface area contributed by atoms with E-state index < -0.39 is 17.9 Å². The summed E-state index contributed by atoms with van der Waals surface area (Å²) in [7, 11) is 6.15. The summed E-state index contributed by atoms with van der Waals surface area (Å²) in [4.78, 5) is 45.3. The van der Waals surface area contributed by atoms with Crippen LogP contribution in [0.2, 0.25) is 0 Å². The molecule has 0 radical (unpaired) electrons. The second-order valence-electron chi connectivity index (χ2n) is 16.8. The molecule has 0 bridgehead atoms. The maximum Gasteiger partial charge on any atom is 1.00 e. The van der Waals surface area contributed by atoms with Crippen molar-refractivity contribution in [1.82, 2.24) is 44.5 Å². The number of anilines is 1. The number of carbonyl (C=O) groups excluding carboxylic acids is 1. The van der Waals surface area contributed by atoms with Gasteiger partial charge in [0.25, 0.3) is 6.47 Å². The number of benzene rings is 2. The minimum Gasteiger partial charge on any atom is -1.00 e. The zero-order valence-electron chi connectivity index (χ0n) is 44.6. The molecule has 25 heteroatoms. The van der Waals surface area contributed by atoms with E-state index in [0.29, 0.717) is 23.9 Å². The number of aryl methyl sites for hydroxylation is 2. The number of halogens is 2. The van der Waals surface area contributed by atoms with Crippen molar-refractivity contribution in [2.24, 2.45) is 0 Å². The number of methoxy groups -OCH3 is 2. The minimum absolute atomic E-state index is 0. The molecule has 0 atom stereocenters. The van der Waals surface area contributed by atoms with E-state index in [9.17, 15) is 29.0 Å². The Bertz CT molecular complexity index is 2230. The van der Waals surface area contributed by atoms with Gasteiger partial charge in [-0.05, 0) is 66.7 Å². The topological polar surface area (TPSA) is 218 Å². The average molecular weight is 1050 g/mol. The summed E-state index contributed by atoms with van der Waals surface area (Å²) in [6.45, 7) is 19.0. The maximum absolute atomic E-state index is 13.9. The number of hydrogen-bond acceptors (Lipinski definition) is 17. The molecule has 2 aromatic carbocycles. The molecule has 0 unspecified atom stereocenters. The molecule has 0 spiro atoms. The van der Waals surface area contributed by atoms with Crippen LogP contribution in [0, 0.1) is 26.0 Å². The van der Waals surface area contributed by atoms with Crippen LogP contribution in [-0.4, -0.2) is 182 Å². The molecule has 0 aliphatic carbocycles. The number of piperidine rings is 2. The van der Waals surface area contributed by atoms with E-state index in [1.165, 1.54) is 72.5 Å². The van der Waals surface area contributed by atoms with Gasteiger partial charge in [0.15, 0.2) is 11.5 Å². The van der Waals surface area contributed by atoms with E-state index in [0.717, 1.165) is 93.6 Å². The predicted octanol–water partition coefficient (Wildman–Crippen LogP) is -1.54. The van der Waals surface area contributed by atoms with Crippen molar-refractivity contribution in [2.75, 3.05) is 119 Å². The first-order valence-corrected chi connectivity index (χ1v) is 23.1. The number of piperazine rings is 2. The summed E-state index contributed by atoms with van der Waals surface area (Å²) in [6.07, 6.45) is 11.7. The summed E-state index contributed by atoms with van der Waals surface area (Å²) in [5.41, 5.74) is 3.04. The maximum atomic E-state index is 13.9. The van der Waals surface area contributed by atoms with Gasteiger partial charge in [-0.1, -0.05) is 0 Å². The molecule has 2 aromatic heterocycles. The zero-order valence-corrected chi connectivity index (χ0v) is 48.9. The Labute approximate surface area is 503 Å². The van der Waals surface area contributed by atoms with Crippen LogP contribution < -0.4 is 128 Å². The first-order valence-electron chi connectivity index (χ1n) is 23.8. The molecule has 384 valence electrons. The van der Waals surface area contributed by atoms with E-state index in [1.807, 2.05) is 30.8 Å². The molecule has 0 saturated carbocycles. The average Bonchev–Trinajstić information content (AvgIpc) is 4.08. The molecule has 6 heterocycles. The van der Waals surface area contributed by atoms with E-state index in [-0.39, 0.29) is 138 Å². The molecule has 4 aliphatic heterocycles. The molecular formula is C46H70F2K2N12O9. The van der Waals surface area contributed by atoms with Crippen molar-refractivity contribution in [2.45, 2.75) is 64.7 Å². The number of nitro groups is 2. The number of carbonyl (C=O) groups is 1. The zero-order chi connectivity index (χ0) is 51.2. The third kappa shape index (κ3) is 19.3. The van der Waals surface area contributed by atoms with E-state index in [1.54, 1.807) is 23.1 Å². The van der Waals surface area contributed by atoms with Crippen molar-refractivity contribution in [3.63, 3.8) is 0 Å². The summed E-state index contributed by atoms with van der Waals surface area (Å²) >= 11 is 0. The Morgan fingerprint density at radius 3 is 1.55 bits per heavy atom. The van der Waals surface area contributed by atoms with Crippen molar-refractivity contribution in [3.8, 4) is 33.8 Å². The van der Waals surface area contributed by atoms with E-state index in [4.69, 9.17) is 20.9 Å². The van der Waals surface area contributed by atoms with Gasteiger partial charge in [0.05, 0.1) is 45.0 Å². The van der Waals surface area contributed by atoms with Gasteiger partial charge in [0, 0.05) is 155 Å². The minimum atomic E-state index is -1.00. The Hall–Kier alpha value is -2.58. The number of nitro benzene ring substituents is 2. The number of rotatable bonds is 12. The standard InChI is InChI=1S/C22H32N6O3.C12H12FN3O3.C10H21N3.CH3F.CH2O3.2K.H/c1-4-27-16-17(15-23-27)19-13-21(28(29)30)22(31-3)14-20(19)26-7-5-18(6-8-26)25-11-9-24(2)10-12-25;1-3-15-7-8(6-14-15)9-4-11(16(17)18)12(19-2)5-10(9)13;1-12-6-8-13(9-7-12)10-2-4-11-5-3-10;1-2;2-1-4-3;;;/h13-16,18H,4-12H2,1-3H3;4-7H,3H2,1-2H3;10-11H,2-9H2,1H3;1H3;1,3H;;;/q;;;;;2*+1;-1/p-1/i;;;1D;;;;. The van der Waals surface area contributed by atoms with Gasteiger partial charge in [0.2, 0.25) is 0 Å². The second kappa shape index (κ2) is 34.1.